The predicted octanol–water partition coefficient (Wildman–Crippen LogP) is 2.08. The van der Waals surface area contributed by atoms with Crippen LogP contribution < -0.4 is 10.6 Å². The summed E-state index contributed by atoms with van der Waals surface area (Å²) in [6, 6.07) is 2.25. The Hall–Kier alpha value is -0.600. The summed E-state index contributed by atoms with van der Waals surface area (Å²) in [5, 5.41) is 8.70. The largest absolute Gasteiger partial charge is 0.355 e. The molecule has 0 unspecified atom stereocenters. The van der Waals surface area contributed by atoms with Crippen LogP contribution in [0, 0.1) is 0 Å². The summed E-state index contributed by atoms with van der Waals surface area (Å²) in [5.74, 6) is 0.841. The lowest BCUT2D eigenvalue weighted by Gasteiger charge is -2.27. The molecule has 1 aromatic heterocycles. The molecule has 0 aromatic carbocycles. The highest BCUT2D eigenvalue weighted by atomic mass is 127. The zero-order valence-electron chi connectivity index (χ0n) is 11.9. The van der Waals surface area contributed by atoms with Crippen molar-refractivity contribution in [3.63, 3.8) is 0 Å². The molecule has 0 fully saturated rings. The average molecular weight is 406 g/mol. The van der Waals surface area contributed by atoms with E-state index in [0.29, 0.717) is 0 Å². The van der Waals surface area contributed by atoms with Crippen molar-refractivity contribution in [2.45, 2.75) is 13.0 Å². The van der Waals surface area contributed by atoms with Gasteiger partial charge in [-0.05, 0) is 23.4 Å². The monoisotopic (exact) mass is 406 g/mol. The van der Waals surface area contributed by atoms with Crippen LogP contribution in [0.25, 0.3) is 0 Å². The highest BCUT2D eigenvalue weighted by Gasteiger charge is 2.16. The Balaban J connectivity index is 0.00000200. The fourth-order valence-electron chi connectivity index (χ4n) is 2.22. The fraction of sp³-hybridized carbons (Fsp3) is 0.500. The molecule has 1 aromatic rings. The standard InChI is InChI=1S/C14H22N4S.HI/c1-3-6-16-14(15-2)17-7-9-18-8-4-13-12(11-18)5-10-19-13;/h3,5,10H,1,4,6-9,11H2,2H3,(H2,15,16,17);1H. The van der Waals surface area contributed by atoms with Gasteiger partial charge in [0.25, 0.3) is 0 Å². The molecule has 4 nitrogen and oxygen atoms in total. The van der Waals surface area contributed by atoms with E-state index < -0.39 is 0 Å². The van der Waals surface area contributed by atoms with E-state index in [9.17, 15) is 0 Å². The van der Waals surface area contributed by atoms with Crippen molar-refractivity contribution >= 4 is 41.3 Å². The number of fused-ring (bicyclic) bond motifs is 1. The van der Waals surface area contributed by atoms with E-state index in [1.54, 1.807) is 11.9 Å². The van der Waals surface area contributed by atoms with Crippen LogP contribution in [0.3, 0.4) is 0 Å². The smallest absolute Gasteiger partial charge is 0.191 e. The highest BCUT2D eigenvalue weighted by Crippen LogP contribution is 2.23. The zero-order chi connectivity index (χ0) is 13.5. The van der Waals surface area contributed by atoms with Crippen LogP contribution >= 0.6 is 35.3 Å². The summed E-state index contributed by atoms with van der Waals surface area (Å²) < 4.78 is 0. The lowest BCUT2D eigenvalue weighted by Crippen LogP contribution is -2.42. The first-order valence-corrected chi connectivity index (χ1v) is 7.54. The minimum Gasteiger partial charge on any atom is -0.355 e. The number of halogens is 1. The number of guanidine groups is 1. The number of thiophene rings is 1. The number of rotatable bonds is 5. The van der Waals surface area contributed by atoms with Gasteiger partial charge in [0.15, 0.2) is 5.96 Å². The lowest BCUT2D eigenvalue weighted by atomic mass is 10.1. The Morgan fingerprint density at radius 3 is 3.15 bits per heavy atom. The molecule has 0 spiro atoms. The molecule has 0 amide bonds. The third-order valence-electron chi connectivity index (χ3n) is 3.24. The average Bonchev–Trinajstić information content (AvgIpc) is 2.90. The Morgan fingerprint density at radius 1 is 1.55 bits per heavy atom. The Labute approximate surface area is 142 Å². The summed E-state index contributed by atoms with van der Waals surface area (Å²) in [6.07, 6.45) is 3.02. The maximum atomic E-state index is 4.17. The van der Waals surface area contributed by atoms with Crippen molar-refractivity contribution in [1.29, 1.82) is 0 Å². The minimum atomic E-state index is 0. The first-order chi connectivity index (χ1) is 9.33. The molecule has 112 valence electrons. The van der Waals surface area contributed by atoms with Crippen molar-refractivity contribution < 1.29 is 0 Å². The van der Waals surface area contributed by atoms with Gasteiger partial charge < -0.3 is 10.6 Å². The molecule has 2 rings (SSSR count). The molecule has 0 bridgehead atoms. The zero-order valence-corrected chi connectivity index (χ0v) is 15.0. The summed E-state index contributed by atoms with van der Waals surface area (Å²) in [5.41, 5.74) is 1.51. The first kappa shape index (κ1) is 17.5. The fourth-order valence-corrected chi connectivity index (χ4v) is 3.11. The molecular formula is C14H23IN4S. The van der Waals surface area contributed by atoms with Crippen LogP contribution in [0.5, 0.6) is 0 Å². The molecule has 2 heterocycles. The maximum Gasteiger partial charge on any atom is 0.191 e. The van der Waals surface area contributed by atoms with Gasteiger partial charge >= 0.3 is 0 Å². The van der Waals surface area contributed by atoms with E-state index in [-0.39, 0.29) is 24.0 Å². The molecule has 0 radical (unpaired) electrons. The third-order valence-corrected chi connectivity index (χ3v) is 4.27. The van der Waals surface area contributed by atoms with Gasteiger partial charge in [-0.3, -0.25) is 9.89 Å². The van der Waals surface area contributed by atoms with Crippen molar-refractivity contribution in [3.05, 3.63) is 34.5 Å². The van der Waals surface area contributed by atoms with Crippen molar-refractivity contribution in [2.75, 3.05) is 33.2 Å². The molecule has 1 aliphatic rings. The summed E-state index contributed by atoms with van der Waals surface area (Å²) >= 11 is 1.89. The van der Waals surface area contributed by atoms with Gasteiger partial charge in [0, 0.05) is 44.6 Å². The van der Waals surface area contributed by atoms with Crippen LogP contribution in [0.15, 0.2) is 29.1 Å². The SMILES string of the molecule is C=CCNC(=NC)NCCN1CCc2sccc2C1.I. The molecule has 1 aliphatic heterocycles. The normalized spacial score (nSPS) is 15.2. The van der Waals surface area contributed by atoms with Gasteiger partial charge in [-0.1, -0.05) is 6.08 Å². The quantitative estimate of drug-likeness (QED) is 0.341. The first-order valence-electron chi connectivity index (χ1n) is 6.66. The highest BCUT2D eigenvalue weighted by molar-refractivity contribution is 14.0. The van der Waals surface area contributed by atoms with Crippen molar-refractivity contribution in [3.8, 4) is 0 Å². The van der Waals surface area contributed by atoms with Gasteiger partial charge in [0.2, 0.25) is 0 Å². The number of hydrogen-bond acceptors (Lipinski definition) is 3. The maximum absolute atomic E-state index is 4.17. The molecule has 20 heavy (non-hydrogen) atoms. The Morgan fingerprint density at radius 2 is 2.40 bits per heavy atom. The molecule has 0 aliphatic carbocycles. The van der Waals surface area contributed by atoms with Crippen LogP contribution in [-0.4, -0.2) is 44.1 Å². The van der Waals surface area contributed by atoms with Crippen molar-refractivity contribution in [2.24, 2.45) is 4.99 Å². The number of nitrogens with zero attached hydrogens (tertiary/aromatic N) is 2. The molecule has 0 saturated heterocycles. The molecular weight excluding hydrogens is 383 g/mol. The lowest BCUT2D eigenvalue weighted by molar-refractivity contribution is 0.260. The second-order valence-electron chi connectivity index (χ2n) is 4.56. The second-order valence-corrected chi connectivity index (χ2v) is 5.56. The number of aliphatic imine (C=N–C) groups is 1. The van der Waals surface area contributed by atoms with Crippen LogP contribution in [0.1, 0.15) is 10.4 Å². The van der Waals surface area contributed by atoms with E-state index in [4.69, 9.17) is 0 Å². The topological polar surface area (TPSA) is 39.7 Å². The van der Waals surface area contributed by atoms with E-state index in [0.717, 1.165) is 38.7 Å². The Kier molecular flexibility index (Phi) is 8.16. The number of nitrogens with one attached hydrogen (secondary N) is 2. The van der Waals surface area contributed by atoms with Gasteiger partial charge in [0.1, 0.15) is 0 Å². The van der Waals surface area contributed by atoms with Crippen LogP contribution in [0.4, 0.5) is 0 Å². The van der Waals surface area contributed by atoms with E-state index in [1.165, 1.54) is 12.0 Å². The second kappa shape index (κ2) is 9.36. The van der Waals surface area contributed by atoms with Crippen LogP contribution in [-0.2, 0) is 13.0 Å². The van der Waals surface area contributed by atoms with E-state index in [1.807, 2.05) is 17.4 Å². The van der Waals surface area contributed by atoms with Gasteiger partial charge in [0.05, 0.1) is 0 Å². The number of hydrogen-bond donors (Lipinski definition) is 2. The predicted molar refractivity (Wildman–Crippen MR) is 98.3 cm³/mol. The molecule has 6 heteroatoms. The van der Waals surface area contributed by atoms with Gasteiger partial charge in [-0.2, -0.15) is 0 Å². The molecule has 0 saturated carbocycles. The third kappa shape index (κ3) is 5.06. The van der Waals surface area contributed by atoms with Gasteiger partial charge in [-0.15, -0.1) is 41.9 Å². The minimum absolute atomic E-state index is 0. The van der Waals surface area contributed by atoms with E-state index in [2.05, 4.69) is 38.6 Å². The summed E-state index contributed by atoms with van der Waals surface area (Å²) in [6.45, 7) is 8.62. The summed E-state index contributed by atoms with van der Waals surface area (Å²) in [4.78, 5) is 8.22. The molecule has 0 atom stereocenters. The van der Waals surface area contributed by atoms with E-state index >= 15 is 0 Å². The van der Waals surface area contributed by atoms with Crippen molar-refractivity contribution in [1.82, 2.24) is 15.5 Å². The van der Waals surface area contributed by atoms with Gasteiger partial charge in [-0.25, -0.2) is 0 Å². The molecule has 2 N–H and O–H groups in total. The van der Waals surface area contributed by atoms with Crippen LogP contribution in [0.2, 0.25) is 0 Å². The summed E-state index contributed by atoms with van der Waals surface area (Å²) in [7, 11) is 1.79. The Bertz CT molecular complexity index is 444.